The third kappa shape index (κ3) is 3.10. The molecule has 0 aliphatic heterocycles. The summed E-state index contributed by atoms with van der Waals surface area (Å²) in [7, 11) is 3.47. The maximum atomic E-state index is 12.3. The van der Waals surface area contributed by atoms with Gasteiger partial charge in [-0.25, -0.2) is 0 Å². The fourth-order valence-electron chi connectivity index (χ4n) is 2.02. The first-order valence-electron chi connectivity index (χ1n) is 6.43. The van der Waals surface area contributed by atoms with E-state index in [0.29, 0.717) is 12.0 Å². The summed E-state index contributed by atoms with van der Waals surface area (Å²) in [5.41, 5.74) is 2.60. The summed E-state index contributed by atoms with van der Waals surface area (Å²) in [5.74, 6) is 0.786. The number of Topliss-reactive ketones (excluding diaryl/α,β-unsaturated/α-hetero) is 1. The van der Waals surface area contributed by atoms with Gasteiger partial charge in [-0.1, -0.05) is 6.92 Å². The Hall–Kier alpha value is -1.62. The summed E-state index contributed by atoms with van der Waals surface area (Å²) >= 11 is 3.40. The third-order valence-corrected chi connectivity index (χ3v) is 3.82. The second kappa shape index (κ2) is 6.22. The number of ketones is 1. The van der Waals surface area contributed by atoms with Crippen LogP contribution in [-0.4, -0.2) is 22.7 Å². The molecule has 2 rings (SSSR count). The van der Waals surface area contributed by atoms with Crippen molar-refractivity contribution < 1.29 is 9.53 Å². The smallest absolute Gasteiger partial charge is 0.168 e. The van der Waals surface area contributed by atoms with Crippen LogP contribution < -0.4 is 4.74 Å². The molecule has 20 heavy (non-hydrogen) atoms. The molecule has 4 nitrogen and oxygen atoms in total. The predicted molar refractivity (Wildman–Crippen MR) is 81.3 cm³/mol. The Morgan fingerprint density at radius 2 is 2.15 bits per heavy atom. The van der Waals surface area contributed by atoms with Crippen molar-refractivity contribution in [1.29, 1.82) is 0 Å². The predicted octanol–water partition coefficient (Wildman–Crippen LogP) is 3.18. The van der Waals surface area contributed by atoms with Gasteiger partial charge in [-0.3, -0.25) is 9.48 Å². The highest BCUT2D eigenvalue weighted by Crippen LogP contribution is 2.26. The van der Waals surface area contributed by atoms with Crippen LogP contribution in [0.4, 0.5) is 0 Å². The Morgan fingerprint density at radius 1 is 1.40 bits per heavy atom. The highest BCUT2D eigenvalue weighted by molar-refractivity contribution is 9.10. The topological polar surface area (TPSA) is 44.1 Å². The van der Waals surface area contributed by atoms with Gasteiger partial charge < -0.3 is 4.74 Å². The summed E-state index contributed by atoms with van der Waals surface area (Å²) in [5, 5.41) is 4.36. The molecule has 0 aliphatic rings. The SMILES string of the molecule is CCc1cc(CC(=O)c2ccc(OC)c(Br)c2)n(C)n1. The van der Waals surface area contributed by atoms with Crippen LogP contribution in [0.5, 0.6) is 5.75 Å². The van der Waals surface area contributed by atoms with Gasteiger partial charge in [-0.2, -0.15) is 5.10 Å². The van der Waals surface area contributed by atoms with E-state index in [1.807, 2.05) is 13.1 Å². The van der Waals surface area contributed by atoms with Crippen molar-refractivity contribution in [3.63, 3.8) is 0 Å². The van der Waals surface area contributed by atoms with Gasteiger partial charge in [0.05, 0.1) is 23.7 Å². The lowest BCUT2D eigenvalue weighted by Gasteiger charge is -2.06. The van der Waals surface area contributed by atoms with Crippen LogP contribution in [-0.2, 0) is 19.9 Å². The maximum Gasteiger partial charge on any atom is 0.168 e. The number of methoxy groups -OCH3 is 1. The van der Waals surface area contributed by atoms with Crippen molar-refractivity contribution in [3.05, 3.63) is 45.7 Å². The molecule has 0 saturated carbocycles. The first-order valence-corrected chi connectivity index (χ1v) is 7.23. The van der Waals surface area contributed by atoms with E-state index in [-0.39, 0.29) is 5.78 Å². The molecule has 0 spiro atoms. The lowest BCUT2D eigenvalue weighted by molar-refractivity contribution is 0.0990. The first-order chi connectivity index (χ1) is 9.55. The molecule has 0 fully saturated rings. The average Bonchev–Trinajstić information content (AvgIpc) is 2.79. The van der Waals surface area contributed by atoms with E-state index in [4.69, 9.17) is 4.74 Å². The number of rotatable bonds is 5. The van der Waals surface area contributed by atoms with Gasteiger partial charge in [0.15, 0.2) is 5.78 Å². The van der Waals surface area contributed by atoms with E-state index in [1.54, 1.807) is 30.0 Å². The molecule has 1 heterocycles. The van der Waals surface area contributed by atoms with Gasteiger partial charge in [0, 0.05) is 18.3 Å². The zero-order chi connectivity index (χ0) is 14.7. The van der Waals surface area contributed by atoms with Crippen LogP contribution in [0.3, 0.4) is 0 Å². The molecule has 0 N–H and O–H groups in total. The Balaban J connectivity index is 2.19. The first kappa shape index (κ1) is 14.8. The molecule has 0 aliphatic carbocycles. The van der Waals surface area contributed by atoms with Crippen molar-refractivity contribution in [2.45, 2.75) is 19.8 Å². The van der Waals surface area contributed by atoms with Gasteiger partial charge in [0.25, 0.3) is 0 Å². The molecule has 1 aromatic carbocycles. The van der Waals surface area contributed by atoms with Crippen LogP contribution >= 0.6 is 15.9 Å². The molecule has 0 amide bonds. The monoisotopic (exact) mass is 336 g/mol. The number of hydrogen-bond acceptors (Lipinski definition) is 3. The molecule has 0 atom stereocenters. The molecular formula is C15H17BrN2O2. The Bertz CT molecular complexity index is 635. The minimum atomic E-state index is 0.0685. The van der Waals surface area contributed by atoms with Gasteiger partial charge >= 0.3 is 0 Å². The summed E-state index contributed by atoms with van der Waals surface area (Å²) in [6, 6.07) is 7.34. The number of hydrogen-bond donors (Lipinski definition) is 0. The van der Waals surface area contributed by atoms with Crippen LogP contribution in [0, 0.1) is 0 Å². The van der Waals surface area contributed by atoms with E-state index < -0.39 is 0 Å². The number of aryl methyl sites for hydroxylation is 2. The second-order valence-corrected chi connectivity index (χ2v) is 5.41. The number of nitrogens with zero attached hydrogens (tertiary/aromatic N) is 2. The van der Waals surface area contributed by atoms with Gasteiger partial charge in [-0.15, -0.1) is 0 Å². The van der Waals surface area contributed by atoms with Crippen LogP contribution in [0.15, 0.2) is 28.7 Å². The molecule has 0 bridgehead atoms. The van der Waals surface area contributed by atoms with E-state index in [9.17, 15) is 4.79 Å². The highest BCUT2D eigenvalue weighted by atomic mass is 79.9. The zero-order valence-corrected chi connectivity index (χ0v) is 13.4. The molecular weight excluding hydrogens is 320 g/mol. The van der Waals surface area contributed by atoms with Gasteiger partial charge in [-0.05, 0) is 46.6 Å². The fraction of sp³-hybridized carbons (Fsp3) is 0.333. The minimum Gasteiger partial charge on any atom is -0.496 e. The molecule has 2 aromatic rings. The molecule has 1 aromatic heterocycles. The largest absolute Gasteiger partial charge is 0.496 e. The number of halogens is 1. The normalized spacial score (nSPS) is 10.6. The summed E-state index contributed by atoms with van der Waals surface area (Å²) < 4.78 is 7.72. The summed E-state index contributed by atoms with van der Waals surface area (Å²) in [4.78, 5) is 12.3. The van der Waals surface area contributed by atoms with E-state index >= 15 is 0 Å². The highest BCUT2D eigenvalue weighted by Gasteiger charge is 2.13. The van der Waals surface area contributed by atoms with Crippen LogP contribution in [0.25, 0.3) is 0 Å². The molecule has 5 heteroatoms. The Morgan fingerprint density at radius 3 is 2.70 bits per heavy atom. The Kier molecular flexibility index (Phi) is 4.60. The second-order valence-electron chi connectivity index (χ2n) is 4.55. The fourth-order valence-corrected chi connectivity index (χ4v) is 2.56. The number of benzene rings is 1. The van der Waals surface area contributed by atoms with Crippen LogP contribution in [0.1, 0.15) is 28.7 Å². The molecule has 0 unspecified atom stereocenters. The summed E-state index contributed by atoms with van der Waals surface area (Å²) in [6.07, 6.45) is 1.22. The number of aromatic nitrogens is 2. The lowest BCUT2D eigenvalue weighted by Crippen LogP contribution is -2.08. The van der Waals surface area contributed by atoms with Crippen molar-refractivity contribution in [1.82, 2.24) is 9.78 Å². The quantitative estimate of drug-likeness (QED) is 0.787. The van der Waals surface area contributed by atoms with E-state index in [1.165, 1.54) is 0 Å². The van der Waals surface area contributed by atoms with Crippen molar-refractivity contribution in [3.8, 4) is 5.75 Å². The van der Waals surface area contributed by atoms with Crippen molar-refractivity contribution >= 4 is 21.7 Å². The Labute approximate surface area is 126 Å². The standard InChI is InChI=1S/C15H17BrN2O2/c1-4-11-8-12(18(2)17-11)9-14(19)10-5-6-15(20-3)13(16)7-10/h5-8H,4,9H2,1-3H3. The van der Waals surface area contributed by atoms with E-state index in [0.717, 1.165) is 28.0 Å². The third-order valence-electron chi connectivity index (χ3n) is 3.21. The van der Waals surface area contributed by atoms with Crippen LogP contribution in [0.2, 0.25) is 0 Å². The number of carbonyl (C=O) groups is 1. The average molecular weight is 337 g/mol. The lowest BCUT2D eigenvalue weighted by atomic mass is 10.1. The number of ether oxygens (including phenoxy) is 1. The van der Waals surface area contributed by atoms with Gasteiger partial charge in [0.2, 0.25) is 0 Å². The number of carbonyl (C=O) groups excluding carboxylic acids is 1. The minimum absolute atomic E-state index is 0.0685. The van der Waals surface area contributed by atoms with E-state index in [2.05, 4.69) is 28.0 Å². The molecule has 106 valence electrons. The maximum absolute atomic E-state index is 12.3. The molecule has 0 saturated heterocycles. The zero-order valence-electron chi connectivity index (χ0n) is 11.8. The molecule has 0 radical (unpaired) electrons. The van der Waals surface area contributed by atoms with Crippen molar-refractivity contribution in [2.24, 2.45) is 7.05 Å². The van der Waals surface area contributed by atoms with Crippen molar-refractivity contribution in [2.75, 3.05) is 7.11 Å². The van der Waals surface area contributed by atoms with Gasteiger partial charge in [0.1, 0.15) is 5.75 Å². The summed E-state index contributed by atoms with van der Waals surface area (Å²) in [6.45, 7) is 2.05.